The summed E-state index contributed by atoms with van der Waals surface area (Å²) in [5.74, 6) is -0.146. The Kier molecular flexibility index (Phi) is 8.26. The van der Waals surface area contributed by atoms with Gasteiger partial charge in [0.15, 0.2) is 0 Å². The quantitative estimate of drug-likeness (QED) is 0.534. The Labute approximate surface area is 172 Å². The van der Waals surface area contributed by atoms with Gasteiger partial charge in [-0.15, -0.1) is 0 Å². The van der Waals surface area contributed by atoms with Gasteiger partial charge in [0.25, 0.3) is 0 Å². The number of piperazine rings is 1. The first-order valence-corrected chi connectivity index (χ1v) is 10.8. The van der Waals surface area contributed by atoms with Crippen LogP contribution in [0, 0.1) is 5.92 Å². The van der Waals surface area contributed by atoms with Crippen molar-refractivity contribution < 1.29 is 23.9 Å². The fourth-order valence-corrected chi connectivity index (χ4v) is 4.16. The standard InChI is InChI=1S/C20H34N4O5/c1-2-29-20(27)17-4-3-5-24(14-17)19(26)16-22-8-6-21(7-9-22)15-18(25)23-10-12-28-13-11-23/h17H,2-16H2,1H3. The molecule has 2 amide bonds. The van der Waals surface area contributed by atoms with E-state index in [4.69, 9.17) is 9.47 Å². The molecule has 29 heavy (non-hydrogen) atoms. The van der Waals surface area contributed by atoms with Crippen LogP contribution in [0.15, 0.2) is 0 Å². The molecule has 0 saturated carbocycles. The molecule has 3 heterocycles. The molecular formula is C20H34N4O5. The summed E-state index contributed by atoms with van der Waals surface area (Å²) in [5, 5.41) is 0. The number of piperidine rings is 1. The predicted octanol–water partition coefficient (Wildman–Crippen LogP) is -0.735. The Bertz CT molecular complexity index is 573. The first-order valence-electron chi connectivity index (χ1n) is 10.8. The minimum atomic E-state index is -0.198. The average Bonchev–Trinajstić information content (AvgIpc) is 2.76. The highest BCUT2D eigenvalue weighted by molar-refractivity contribution is 5.80. The van der Waals surface area contributed by atoms with E-state index in [-0.39, 0.29) is 23.7 Å². The predicted molar refractivity (Wildman–Crippen MR) is 106 cm³/mol. The van der Waals surface area contributed by atoms with E-state index in [1.807, 2.05) is 4.90 Å². The summed E-state index contributed by atoms with van der Waals surface area (Å²) in [6, 6.07) is 0. The van der Waals surface area contributed by atoms with Crippen LogP contribution in [-0.2, 0) is 23.9 Å². The zero-order valence-electron chi connectivity index (χ0n) is 17.5. The number of carbonyl (C=O) groups is 3. The first kappa shape index (κ1) is 22.0. The van der Waals surface area contributed by atoms with Gasteiger partial charge in [-0.2, -0.15) is 0 Å². The van der Waals surface area contributed by atoms with Gasteiger partial charge in [0.2, 0.25) is 11.8 Å². The Morgan fingerprint density at radius 1 is 0.862 bits per heavy atom. The molecule has 0 N–H and O–H groups in total. The second-order valence-corrected chi connectivity index (χ2v) is 7.98. The molecule has 0 aromatic heterocycles. The SMILES string of the molecule is CCOC(=O)C1CCCN(C(=O)CN2CCN(CC(=O)N3CCOCC3)CC2)C1. The number of hydrogen-bond donors (Lipinski definition) is 0. The largest absolute Gasteiger partial charge is 0.466 e. The zero-order chi connectivity index (χ0) is 20.6. The first-order chi connectivity index (χ1) is 14.1. The Morgan fingerprint density at radius 2 is 1.45 bits per heavy atom. The summed E-state index contributed by atoms with van der Waals surface area (Å²) in [5.41, 5.74) is 0. The van der Waals surface area contributed by atoms with Crippen molar-refractivity contribution in [3.8, 4) is 0 Å². The number of hydrogen-bond acceptors (Lipinski definition) is 7. The van der Waals surface area contributed by atoms with E-state index < -0.39 is 0 Å². The Hall–Kier alpha value is -1.71. The maximum Gasteiger partial charge on any atom is 0.310 e. The average molecular weight is 411 g/mol. The lowest BCUT2D eigenvalue weighted by atomic mass is 9.98. The molecule has 0 aromatic carbocycles. The third kappa shape index (κ3) is 6.38. The molecular weight excluding hydrogens is 376 g/mol. The lowest BCUT2D eigenvalue weighted by Gasteiger charge is -2.37. The fourth-order valence-electron chi connectivity index (χ4n) is 4.16. The van der Waals surface area contributed by atoms with E-state index in [9.17, 15) is 14.4 Å². The van der Waals surface area contributed by atoms with E-state index >= 15 is 0 Å². The van der Waals surface area contributed by atoms with E-state index in [0.717, 1.165) is 39.0 Å². The van der Waals surface area contributed by atoms with Crippen molar-refractivity contribution in [1.29, 1.82) is 0 Å². The monoisotopic (exact) mass is 410 g/mol. The molecule has 0 spiro atoms. The van der Waals surface area contributed by atoms with Crippen LogP contribution in [0.4, 0.5) is 0 Å². The van der Waals surface area contributed by atoms with Crippen LogP contribution >= 0.6 is 0 Å². The highest BCUT2D eigenvalue weighted by Crippen LogP contribution is 2.18. The number of nitrogens with zero attached hydrogens (tertiary/aromatic N) is 4. The number of likely N-dealkylation sites (tertiary alicyclic amines) is 1. The molecule has 3 aliphatic rings. The third-order valence-electron chi connectivity index (χ3n) is 5.94. The summed E-state index contributed by atoms with van der Waals surface area (Å²) >= 11 is 0. The molecule has 1 unspecified atom stereocenters. The number of carbonyl (C=O) groups excluding carboxylic acids is 3. The second-order valence-electron chi connectivity index (χ2n) is 7.98. The summed E-state index contributed by atoms with van der Waals surface area (Å²) in [6.45, 7) is 9.89. The van der Waals surface area contributed by atoms with E-state index in [2.05, 4.69) is 9.80 Å². The summed E-state index contributed by atoms with van der Waals surface area (Å²) in [7, 11) is 0. The third-order valence-corrected chi connectivity index (χ3v) is 5.94. The summed E-state index contributed by atoms with van der Waals surface area (Å²) in [4.78, 5) is 45.0. The molecule has 0 bridgehead atoms. The number of morpholine rings is 1. The number of amides is 2. The minimum absolute atomic E-state index is 0.0804. The van der Waals surface area contributed by atoms with E-state index in [1.165, 1.54) is 0 Å². The van der Waals surface area contributed by atoms with Gasteiger partial charge in [-0.05, 0) is 19.8 Å². The molecule has 1 atom stereocenters. The van der Waals surface area contributed by atoms with Crippen LogP contribution in [0.25, 0.3) is 0 Å². The summed E-state index contributed by atoms with van der Waals surface area (Å²) < 4.78 is 10.4. The molecule has 0 aliphatic carbocycles. The van der Waals surface area contributed by atoms with Crippen LogP contribution < -0.4 is 0 Å². The highest BCUT2D eigenvalue weighted by atomic mass is 16.5. The topological polar surface area (TPSA) is 82.6 Å². The van der Waals surface area contributed by atoms with Gasteiger partial charge in [0.1, 0.15) is 0 Å². The van der Waals surface area contributed by atoms with Gasteiger partial charge >= 0.3 is 5.97 Å². The summed E-state index contributed by atoms with van der Waals surface area (Å²) in [6.07, 6.45) is 1.63. The van der Waals surface area contributed by atoms with Crippen molar-refractivity contribution in [3.63, 3.8) is 0 Å². The Morgan fingerprint density at radius 3 is 2.03 bits per heavy atom. The van der Waals surface area contributed by atoms with Crippen molar-refractivity contribution in [2.24, 2.45) is 5.92 Å². The normalized spacial score (nSPS) is 24.4. The highest BCUT2D eigenvalue weighted by Gasteiger charge is 2.30. The lowest BCUT2D eigenvalue weighted by molar-refractivity contribution is -0.151. The van der Waals surface area contributed by atoms with Crippen molar-refractivity contribution in [2.75, 3.05) is 85.3 Å². The fraction of sp³-hybridized carbons (Fsp3) is 0.850. The molecule has 9 nitrogen and oxygen atoms in total. The van der Waals surface area contributed by atoms with Gasteiger partial charge in [0.05, 0.1) is 38.8 Å². The molecule has 0 aromatic rings. The van der Waals surface area contributed by atoms with Crippen molar-refractivity contribution in [3.05, 3.63) is 0 Å². The zero-order valence-corrected chi connectivity index (χ0v) is 17.5. The van der Waals surface area contributed by atoms with Crippen LogP contribution in [0.1, 0.15) is 19.8 Å². The van der Waals surface area contributed by atoms with Crippen molar-refractivity contribution >= 4 is 17.8 Å². The van der Waals surface area contributed by atoms with Crippen LogP contribution in [0.3, 0.4) is 0 Å². The smallest absolute Gasteiger partial charge is 0.310 e. The molecule has 3 saturated heterocycles. The van der Waals surface area contributed by atoms with Crippen LogP contribution in [-0.4, -0.2) is 123 Å². The van der Waals surface area contributed by atoms with Gasteiger partial charge in [0, 0.05) is 52.4 Å². The van der Waals surface area contributed by atoms with Crippen LogP contribution in [0.2, 0.25) is 0 Å². The van der Waals surface area contributed by atoms with Gasteiger partial charge in [-0.1, -0.05) is 0 Å². The van der Waals surface area contributed by atoms with Gasteiger partial charge in [-0.25, -0.2) is 0 Å². The Balaban J connectivity index is 1.38. The molecule has 9 heteroatoms. The maximum atomic E-state index is 12.7. The molecule has 164 valence electrons. The second kappa shape index (κ2) is 10.9. The lowest BCUT2D eigenvalue weighted by Crippen LogP contribution is -2.54. The van der Waals surface area contributed by atoms with Crippen LogP contribution in [0.5, 0.6) is 0 Å². The van der Waals surface area contributed by atoms with Gasteiger partial charge < -0.3 is 19.3 Å². The molecule has 3 rings (SSSR count). The van der Waals surface area contributed by atoms with E-state index in [0.29, 0.717) is 59.1 Å². The van der Waals surface area contributed by atoms with Crippen molar-refractivity contribution in [2.45, 2.75) is 19.8 Å². The van der Waals surface area contributed by atoms with E-state index in [1.54, 1.807) is 11.8 Å². The molecule has 3 aliphatic heterocycles. The number of ether oxygens (including phenoxy) is 2. The number of esters is 1. The molecule has 3 fully saturated rings. The maximum absolute atomic E-state index is 12.7. The minimum Gasteiger partial charge on any atom is -0.466 e. The van der Waals surface area contributed by atoms with Gasteiger partial charge in [-0.3, -0.25) is 24.2 Å². The van der Waals surface area contributed by atoms with Crippen molar-refractivity contribution in [1.82, 2.24) is 19.6 Å². The number of rotatable bonds is 6. The molecule has 0 radical (unpaired) electrons.